The fraction of sp³-hybridized carbons (Fsp3) is 0.609. The predicted molar refractivity (Wildman–Crippen MR) is 104 cm³/mol. The van der Waals surface area contributed by atoms with Gasteiger partial charge in [0.05, 0.1) is 29.1 Å². The molecule has 2 bridgehead atoms. The van der Waals surface area contributed by atoms with Crippen molar-refractivity contribution in [2.45, 2.75) is 65.7 Å². The van der Waals surface area contributed by atoms with Crippen LogP contribution in [0.3, 0.4) is 0 Å². The average molecular weight is 383 g/mol. The van der Waals surface area contributed by atoms with E-state index in [9.17, 15) is 9.59 Å². The molecule has 3 aliphatic rings. The van der Waals surface area contributed by atoms with E-state index in [0.29, 0.717) is 17.9 Å². The fourth-order valence-corrected chi connectivity index (χ4v) is 4.16. The summed E-state index contributed by atoms with van der Waals surface area (Å²) < 4.78 is 11.3. The number of nitrogens with zero attached hydrogens (tertiary/aromatic N) is 1. The largest absolute Gasteiger partial charge is 0.465 e. The highest BCUT2D eigenvalue weighted by Gasteiger charge is 2.54. The van der Waals surface area contributed by atoms with Crippen LogP contribution in [-0.2, 0) is 14.3 Å². The Kier molecular flexibility index (Phi) is 5.52. The third-order valence-electron chi connectivity index (χ3n) is 6.97. The van der Waals surface area contributed by atoms with Gasteiger partial charge in [-0.3, -0.25) is 9.59 Å². The first-order valence-electron chi connectivity index (χ1n) is 10.1. The molecule has 0 unspecified atom stereocenters. The molecule has 0 heterocycles. The Morgan fingerprint density at radius 2 is 1.64 bits per heavy atom. The van der Waals surface area contributed by atoms with Crippen LogP contribution in [0.5, 0.6) is 5.75 Å². The van der Waals surface area contributed by atoms with Crippen molar-refractivity contribution < 1.29 is 19.1 Å². The Labute approximate surface area is 167 Å². The minimum absolute atomic E-state index is 0.00988. The van der Waals surface area contributed by atoms with Gasteiger partial charge in [-0.1, -0.05) is 6.92 Å². The van der Waals surface area contributed by atoms with Crippen LogP contribution < -0.4 is 4.74 Å². The lowest BCUT2D eigenvalue weighted by atomic mass is 9.54. The molecule has 3 saturated carbocycles. The van der Waals surface area contributed by atoms with Crippen LogP contribution in [-0.4, -0.2) is 18.5 Å². The summed E-state index contributed by atoms with van der Waals surface area (Å²) in [5.74, 6) is 0.179. The molecule has 0 aliphatic heterocycles. The van der Waals surface area contributed by atoms with Gasteiger partial charge in [-0.15, -0.1) is 0 Å². The standard InChI is InChI=1S/C23H29NO4/c1-4-21(2,3)19(25)27-16-22-9-12-23(13-10-22,14-11-22)20(26)28-18-7-5-17(15-24)6-8-18/h5-8H,4,9-14,16H2,1-3H3. The third kappa shape index (κ3) is 3.92. The second-order valence-electron chi connectivity index (χ2n) is 9.12. The molecule has 0 atom stereocenters. The first kappa shape index (κ1) is 20.4. The zero-order chi connectivity index (χ0) is 20.4. The van der Waals surface area contributed by atoms with Gasteiger partial charge in [0.15, 0.2) is 0 Å². The summed E-state index contributed by atoms with van der Waals surface area (Å²) >= 11 is 0. The van der Waals surface area contributed by atoms with Crippen molar-refractivity contribution >= 4 is 11.9 Å². The molecular weight excluding hydrogens is 354 g/mol. The van der Waals surface area contributed by atoms with Gasteiger partial charge in [0.2, 0.25) is 0 Å². The SMILES string of the molecule is CCC(C)(C)C(=O)OCC12CCC(C(=O)Oc3ccc(C#N)cc3)(CC1)CC2. The minimum atomic E-state index is -0.450. The van der Waals surface area contributed by atoms with E-state index in [2.05, 4.69) is 6.07 Å². The van der Waals surface area contributed by atoms with Crippen molar-refractivity contribution in [2.75, 3.05) is 6.61 Å². The molecule has 5 heteroatoms. The van der Waals surface area contributed by atoms with Crippen LogP contribution in [0.1, 0.15) is 71.3 Å². The smallest absolute Gasteiger partial charge is 0.317 e. The van der Waals surface area contributed by atoms with Crippen LogP contribution in [0, 0.1) is 27.6 Å². The summed E-state index contributed by atoms with van der Waals surface area (Å²) in [6.45, 7) is 6.28. The molecule has 0 radical (unpaired) electrons. The maximum atomic E-state index is 12.9. The monoisotopic (exact) mass is 383 g/mol. The molecule has 0 N–H and O–H groups in total. The highest BCUT2D eigenvalue weighted by molar-refractivity contribution is 5.80. The Morgan fingerprint density at radius 3 is 2.14 bits per heavy atom. The van der Waals surface area contributed by atoms with Crippen LogP contribution in [0.4, 0.5) is 0 Å². The summed E-state index contributed by atoms with van der Waals surface area (Å²) in [5.41, 5.74) is -0.327. The number of benzene rings is 1. The lowest BCUT2D eigenvalue weighted by Crippen LogP contribution is -2.49. The fourth-order valence-electron chi connectivity index (χ4n) is 4.16. The Balaban J connectivity index is 1.58. The summed E-state index contributed by atoms with van der Waals surface area (Å²) in [6.07, 6.45) is 5.73. The van der Waals surface area contributed by atoms with Gasteiger partial charge in [-0.2, -0.15) is 5.26 Å². The molecule has 4 rings (SSSR count). The van der Waals surface area contributed by atoms with Crippen LogP contribution in [0.25, 0.3) is 0 Å². The topological polar surface area (TPSA) is 76.4 Å². The van der Waals surface area contributed by atoms with Crippen molar-refractivity contribution in [1.82, 2.24) is 0 Å². The van der Waals surface area contributed by atoms with Crippen LogP contribution >= 0.6 is 0 Å². The first-order chi connectivity index (χ1) is 13.2. The number of carbonyl (C=O) groups is 2. The lowest BCUT2D eigenvalue weighted by Gasteiger charge is -2.51. The molecule has 0 saturated heterocycles. The molecule has 0 amide bonds. The molecule has 28 heavy (non-hydrogen) atoms. The number of fused-ring (bicyclic) bond motifs is 3. The maximum absolute atomic E-state index is 12.9. The molecule has 3 fully saturated rings. The van der Waals surface area contributed by atoms with Crippen molar-refractivity contribution in [2.24, 2.45) is 16.2 Å². The Hall–Kier alpha value is -2.35. The molecular formula is C23H29NO4. The molecule has 0 aromatic heterocycles. The van der Waals surface area contributed by atoms with Crippen LogP contribution in [0.2, 0.25) is 0 Å². The van der Waals surface area contributed by atoms with Gasteiger partial charge < -0.3 is 9.47 Å². The summed E-state index contributed by atoms with van der Waals surface area (Å²) in [4.78, 5) is 25.2. The molecule has 5 nitrogen and oxygen atoms in total. The normalized spacial score (nSPS) is 26.4. The zero-order valence-corrected chi connectivity index (χ0v) is 17.0. The van der Waals surface area contributed by atoms with Gasteiger partial charge in [-0.25, -0.2) is 0 Å². The van der Waals surface area contributed by atoms with Gasteiger partial charge in [0, 0.05) is 5.41 Å². The third-order valence-corrected chi connectivity index (χ3v) is 6.97. The number of nitriles is 1. The molecule has 1 aromatic rings. The number of esters is 2. The maximum Gasteiger partial charge on any atom is 0.317 e. The van der Waals surface area contributed by atoms with Crippen molar-refractivity contribution in [3.8, 4) is 11.8 Å². The lowest BCUT2D eigenvalue weighted by molar-refractivity contribution is -0.168. The van der Waals surface area contributed by atoms with E-state index < -0.39 is 10.8 Å². The van der Waals surface area contributed by atoms with Crippen molar-refractivity contribution in [3.63, 3.8) is 0 Å². The minimum Gasteiger partial charge on any atom is -0.465 e. The van der Waals surface area contributed by atoms with E-state index in [1.165, 1.54) is 0 Å². The summed E-state index contributed by atoms with van der Waals surface area (Å²) in [6, 6.07) is 8.69. The van der Waals surface area contributed by atoms with E-state index in [0.717, 1.165) is 44.9 Å². The summed E-state index contributed by atoms with van der Waals surface area (Å²) in [5, 5.41) is 8.87. The van der Waals surface area contributed by atoms with Crippen molar-refractivity contribution in [3.05, 3.63) is 29.8 Å². The Bertz CT molecular complexity index is 763. The number of hydrogen-bond acceptors (Lipinski definition) is 5. The number of carbonyl (C=O) groups excluding carboxylic acids is 2. The van der Waals surface area contributed by atoms with Gasteiger partial charge in [0.1, 0.15) is 5.75 Å². The quantitative estimate of drug-likeness (QED) is 0.522. The van der Waals surface area contributed by atoms with E-state index in [4.69, 9.17) is 14.7 Å². The summed E-state index contributed by atoms with van der Waals surface area (Å²) in [7, 11) is 0. The number of ether oxygens (including phenoxy) is 2. The molecule has 1 aromatic carbocycles. The van der Waals surface area contributed by atoms with E-state index in [1.54, 1.807) is 24.3 Å². The van der Waals surface area contributed by atoms with Crippen LogP contribution in [0.15, 0.2) is 24.3 Å². The number of hydrogen-bond donors (Lipinski definition) is 0. The predicted octanol–water partition coefficient (Wildman–Crippen LogP) is 4.78. The van der Waals surface area contributed by atoms with E-state index in [-0.39, 0.29) is 17.4 Å². The number of rotatable bonds is 6. The Morgan fingerprint density at radius 1 is 1.07 bits per heavy atom. The average Bonchev–Trinajstić information content (AvgIpc) is 2.73. The molecule has 3 aliphatic carbocycles. The molecule has 150 valence electrons. The van der Waals surface area contributed by atoms with Gasteiger partial charge in [0.25, 0.3) is 0 Å². The second kappa shape index (κ2) is 7.58. The highest BCUT2D eigenvalue weighted by Crippen LogP contribution is 2.57. The molecule has 0 spiro atoms. The highest BCUT2D eigenvalue weighted by atomic mass is 16.5. The second-order valence-corrected chi connectivity index (χ2v) is 9.12. The van der Waals surface area contributed by atoms with E-state index >= 15 is 0 Å². The van der Waals surface area contributed by atoms with Gasteiger partial charge in [-0.05, 0) is 83.1 Å². The van der Waals surface area contributed by atoms with Gasteiger partial charge >= 0.3 is 11.9 Å². The van der Waals surface area contributed by atoms with E-state index in [1.807, 2.05) is 20.8 Å². The first-order valence-corrected chi connectivity index (χ1v) is 10.1. The van der Waals surface area contributed by atoms with Crippen molar-refractivity contribution in [1.29, 1.82) is 5.26 Å². The zero-order valence-electron chi connectivity index (χ0n) is 17.0.